The van der Waals surface area contributed by atoms with Gasteiger partial charge in [0.2, 0.25) is 5.78 Å². The fourth-order valence-electron chi connectivity index (χ4n) is 2.67. The van der Waals surface area contributed by atoms with E-state index in [1.54, 1.807) is 0 Å². The number of carbonyl (C=O) groups excluding carboxylic acids is 1. The second-order valence-electron chi connectivity index (χ2n) is 5.54. The summed E-state index contributed by atoms with van der Waals surface area (Å²) < 4.78 is 27.3. The van der Waals surface area contributed by atoms with Crippen LogP contribution in [0.25, 0.3) is 0 Å². The Morgan fingerprint density at radius 1 is 1.32 bits per heavy atom. The minimum absolute atomic E-state index is 0.00598. The topological polar surface area (TPSA) is 63.3 Å². The van der Waals surface area contributed by atoms with Gasteiger partial charge in [-0.2, -0.15) is 8.78 Å². The van der Waals surface area contributed by atoms with E-state index in [0.717, 1.165) is 25.7 Å². The van der Waals surface area contributed by atoms with Crippen molar-refractivity contribution in [3.63, 3.8) is 0 Å². The molecule has 1 aliphatic carbocycles. The Morgan fingerprint density at radius 3 is 2.53 bits per heavy atom. The molecule has 1 fully saturated rings. The molecule has 0 saturated heterocycles. The predicted molar refractivity (Wildman–Crippen MR) is 70.1 cm³/mol. The maximum absolute atomic E-state index is 13.6. The monoisotopic (exact) mass is 277 g/mol. The first-order chi connectivity index (χ1) is 8.98. The second-order valence-corrected chi connectivity index (χ2v) is 5.54. The highest BCUT2D eigenvalue weighted by atomic mass is 19.3. The molecule has 3 nitrogen and oxygen atoms in total. The zero-order chi connectivity index (χ0) is 14.3. The molecule has 1 rings (SSSR count). The lowest BCUT2D eigenvalue weighted by atomic mass is 9.84. The van der Waals surface area contributed by atoms with Gasteiger partial charge in [-0.25, -0.2) is 0 Å². The largest absolute Gasteiger partial charge is 0.386 e. The van der Waals surface area contributed by atoms with Gasteiger partial charge < -0.3 is 10.8 Å². The van der Waals surface area contributed by atoms with Crippen molar-refractivity contribution in [2.45, 2.75) is 69.8 Å². The van der Waals surface area contributed by atoms with Crippen LogP contribution in [0.5, 0.6) is 0 Å². The van der Waals surface area contributed by atoms with Crippen LogP contribution >= 0.6 is 0 Å². The molecule has 1 saturated carbocycles. The van der Waals surface area contributed by atoms with E-state index >= 15 is 0 Å². The third-order valence-corrected chi connectivity index (χ3v) is 3.97. The van der Waals surface area contributed by atoms with Crippen molar-refractivity contribution in [2.24, 2.45) is 11.7 Å². The van der Waals surface area contributed by atoms with Crippen LogP contribution in [0.4, 0.5) is 8.78 Å². The molecule has 1 unspecified atom stereocenters. The minimum Gasteiger partial charge on any atom is -0.386 e. The summed E-state index contributed by atoms with van der Waals surface area (Å²) >= 11 is 0. The molecule has 3 N–H and O–H groups in total. The molecule has 1 atom stereocenters. The van der Waals surface area contributed by atoms with E-state index in [-0.39, 0.29) is 25.8 Å². The molecule has 0 aromatic carbocycles. The van der Waals surface area contributed by atoms with Crippen LogP contribution in [0, 0.1) is 5.92 Å². The quantitative estimate of drug-likeness (QED) is 0.717. The van der Waals surface area contributed by atoms with Crippen LogP contribution < -0.4 is 5.73 Å². The summed E-state index contributed by atoms with van der Waals surface area (Å²) in [6.45, 7) is 0.208. The van der Waals surface area contributed by atoms with Gasteiger partial charge >= 0.3 is 5.92 Å². The Morgan fingerprint density at radius 2 is 1.95 bits per heavy atom. The zero-order valence-electron chi connectivity index (χ0n) is 11.4. The normalized spacial score (nSPS) is 19.4. The SMILES string of the molecule is NCCCC(=O)C(F)(F)C(O)CCC1CCCCC1. The maximum atomic E-state index is 13.6. The zero-order valence-corrected chi connectivity index (χ0v) is 11.4. The number of halogens is 2. The van der Waals surface area contributed by atoms with Crippen molar-refractivity contribution in [1.29, 1.82) is 0 Å². The van der Waals surface area contributed by atoms with E-state index in [1.165, 1.54) is 6.42 Å². The fourth-order valence-corrected chi connectivity index (χ4v) is 2.67. The highest BCUT2D eigenvalue weighted by molar-refractivity contribution is 5.86. The van der Waals surface area contributed by atoms with E-state index in [4.69, 9.17) is 5.73 Å². The minimum atomic E-state index is -3.62. The number of hydrogen-bond donors (Lipinski definition) is 2. The number of hydrogen-bond acceptors (Lipinski definition) is 3. The van der Waals surface area contributed by atoms with Crippen LogP contribution in [0.1, 0.15) is 57.8 Å². The maximum Gasteiger partial charge on any atom is 0.330 e. The molecule has 0 amide bonds. The molecular weight excluding hydrogens is 252 g/mol. The van der Waals surface area contributed by atoms with Gasteiger partial charge in [-0.05, 0) is 31.7 Å². The summed E-state index contributed by atoms with van der Waals surface area (Å²) in [7, 11) is 0. The summed E-state index contributed by atoms with van der Waals surface area (Å²) in [5.74, 6) is -4.38. The van der Waals surface area contributed by atoms with Gasteiger partial charge in [0.1, 0.15) is 6.10 Å². The Bertz CT molecular complexity index is 279. The van der Waals surface area contributed by atoms with E-state index in [9.17, 15) is 18.7 Å². The molecule has 1 aliphatic rings. The number of aliphatic hydroxyl groups excluding tert-OH is 1. The number of rotatable bonds is 8. The van der Waals surface area contributed by atoms with Crippen molar-refractivity contribution < 1.29 is 18.7 Å². The molecule has 0 aromatic rings. The molecule has 112 valence electrons. The van der Waals surface area contributed by atoms with Gasteiger partial charge in [-0.3, -0.25) is 4.79 Å². The lowest BCUT2D eigenvalue weighted by molar-refractivity contribution is -0.162. The number of ketones is 1. The molecule has 0 radical (unpaired) electrons. The first-order valence-corrected chi connectivity index (χ1v) is 7.27. The highest BCUT2D eigenvalue weighted by Gasteiger charge is 2.45. The Labute approximate surface area is 113 Å². The van der Waals surface area contributed by atoms with Crippen molar-refractivity contribution in [3.05, 3.63) is 0 Å². The Hall–Kier alpha value is -0.550. The summed E-state index contributed by atoms with van der Waals surface area (Å²) in [4.78, 5) is 11.4. The summed E-state index contributed by atoms with van der Waals surface area (Å²) in [5.41, 5.74) is 5.19. The van der Waals surface area contributed by atoms with Crippen molar-refractivity contribution in [2.75, 3.05) is 6.54 Å². The molecule has 0 heterocycles. The van der Waals surface area contributed by atoms with E-state index in [1.807, 2.05) is 0 Å². The number of alkyl halides is 2. The molecule has 0 bridgehead atoms. The van der Waals surface area contributed by atoms with Crippen LogP contribution in [0.3, 0.4) is 0 Å². The van der Waals surface area contributed by atoms with Crippen molar-refractivity contribution >= 4 is 5.78 Å². The third kappa shape index (κ3) is 5.15. The molecular formula is C14H25F2NO2. The summed E-state index contributed by atoms with van der Waals surface area (Å²) in [6.07, 6.45) is 4.34. The number of Topliss-reactive ketones (excluding diaryl/α,β-unsaturated/α-hetero) is 1. The summed E-state index contributed by atoms with van der Waals surface area (Å²) in [5, 5.41) is 9.58. The first-order valence-electron chi connectivity index (χ1n) is 7.27. The molecule has 5 heteroatoms. The number of carbonyl (C=O) groups is 1. The van der Waals surface area contributed by atoms with Gasteiger partial charge in [-0.15, -0.1) is 0 Å². The lowest BCUT2D eigenvalue weighted by Gasteiger charge is -2.25. The van der Waals surface area contributed by atoms with Crippen molar-refractivity contribution in [1.82, 2.24) is 0 Å². The van der Waals surface area contributed by atoms with E-state index in [0.29, 0.717) is 12.3 Å². The van der Waals surface area contributed by atoms with E-state index in [2.05, 4.69) is 0 Å². The van der Waals surface area contributed by atoms with Gasteiger partial charge in [0.05, 0.1) is 0 Å². The standard InChI is InChI=1S/C14H25F2NO2/c15-14(16,12(18)7-4-10-17)13(19)9-8-11-5-2-1-3-6-11/h11,13,19H,1-10,17H2. The predicted octanol–water partition coefficient (Wildman–Crippen LogP) is 2.65. The van der Waals surface area contributed by atoms with Gasteiger partial charge in [-0.1, -0.05) is 32.1 Å². The van der Waals surface area contributed by atoms with Crippen LogP contribution in [0.2, 0.25) is 0 Å². The Balaban J connectivity index is 2.36. The molecule has 19 heavy (non-hydrogen) atoms. The van der Waals surface area contributed by atoms with Crippen molar-refractivity contribution in [3.8, 4) is 0 Å². The third-order valence-electron chi connectivity index (χ3n) is 3.97. The van der Waals surface area contributed by atoms with E-state index < -0.39 is 17.8 Å². The molecule has 0 aliphatic heterocycles. The average molecular weight is 277 g/mol. The molecule has 0 spiro atoms. The average Bonchev–Trinajstić information content (AvgIpc) is 2.42. The smallest absolute Gasteiger partial charge is 0.330 e. The highest BCUT2D eigenvalue weighted by Crippen LogP contribution is 2.31. The van der Waals surface area contributed by atoms with Gasteiger partial charge in [0.15, 0.2) is 0 Å². The number of nitrogens with two attached hydrogens (primary N) is 1. The van der Waals surface area contributed by atoms with Gasteiger partial charge in [0, 0.05) is 6.42 Å². The van der Waals surface area contributed by atoms with Crippen LogP contribution in [-0.2, 0) is 4.79 Å². The lowest BCUT2D eigenvalue weighted by Crippen LogP contribution is -2.41. The second kappa shape index (κ2) is 7.90. The Kier molecular flexibility index (Phi) is 6.86. The van der Waals surface area contributed by atoms with Crippen LogP contribution in [0.15, 0.2) is 0 Å². The first kappa shape index (κ1) is 16.5. The van der Waals surface area contributed by atoms with Crippen LogP contribution in [-0.4, -0.2) is 29.5 Å². The fraction of sp³-hybridized carbons (Fsp3) is 0.929. The summed E-state index contributed by atoms with van der Waals surface area (Å²) in [6, 6.07) is 0. The van der Waals surface area contributed by atoms with Gasteiger partial charge in [0.25, 0.3) is 0 Å². The number of aliphatic hydroxyl groups is 1. The molecule has 0 aromatic heterocycles.